The Morgan fingerprint density at radius 1 is 0.847 bits per heavy atom. The Balaban J connectivity index is 0.700. The number of nitrogens with zero attached hydrogens (tertiary/aromatic N) is 9. The van der Waals surface area contributed by atoms with Gasteiger partial charge in [-0.1, -0.05) is 0 Å². The number of imide groups is 1. The molecule has 4 aromatic rings. The molecule has 5 aliphatic heterocycles. The van der Waals surface area contributed by atoms with Crippen molar-refractivity contribution in [2.24, 2.45) is 5.92 Å². The molecule has 4 saturated heterocycles. The van der Waals surface area contributed by atoms with Crippen molar-refractivity contribution in [1.29, 1.82) is 0 Å². The molecule has 1 unspecified atom stereocenters. The molecule has 2 aromatic carbocycles. The SMILES string of the molecule is CC(C)Oc1ccc2[nH]nc(-c3cc(N4CCN(CCN5CCC(CN6CCN(c7ccc8c(c7)CN(C7CCC(=O)NC7=O)C8=O)CC6)CC5)[C@@H](C)C4)ncn3)c2c1. The highest BCUT2D eigenvalue weighted by Crippen LogP contribution is 2.33. The first-order chi connectivity index (χ1) is 28.6. The average molecular weight is 804 g/mol. The molecule has 9 rings (SSSR count). The van der Waals surface area contributed by atoms with E-state index in [1.807, 2.05) is 44.2 Å². The van der Waals surface area contributed by atoms with Crippen molar-refractivity contribution in [3.05, 3.63) is 59.9 Å². The molecule has 0 saturated carbocycles. The monoisotopic (exact) mass is 803 g/mol. The van der Waals surface area contributed by atoms with Crippen molar-refractivity contribution >= 4 is 40.1 Å². The number of aromatic nitrogens is 4. The van der Waals surface area contributed by atoms with Gasteiger partial charge in [-0.15, -0.1) is 0 Å². The Bertz CT molecular complexity index is 2180. The quantitative estimate of drug-likeness (QED) is 0.214. The second-order valence-corrected chi connectivity index (χ2v) is 17.4. The van der Waals surface area contributed by atoms with E-state index in [0.717, 1.165) is 116 Å². The molecular weight excluding hydrogens is 747 g/mol. The van der Waals surface area contributed by atoms with Gasteiger partial charge >= 0.3 is 0 Å². The van der Waals surface area contributed by atoms with Gasteiger partial charge in [-0.05, 0) is 101 Å². The number of amides is 3. The summed E-state index contributed by atoms with van der Waals surface area (Å²) in [5.41, 5.74) is 5.34. The molecule has 312 valence electrons. The maximum Gasteiger partial charge on any atom is 0.255 e. The van der Waals surface area contributed by atoms with Crippen LogP contribution < -0.4 is 19.9 Å². The Hall–Kier alpha value is -5.12. The van der Waals surface area contributed by atoms with E-state index in [1.54, 1.807) is 11.2 Å². The molecule has 2 aromatic heterocycles. The van der Waals surface area contributed by atoms with E-state index >= 15 is 0 Å². The number of rotatable bonds is 11. The summed E-state index contributed by atoms with van der Waals surface area (Å²) in [4.78, 5) is 60.9. The van der Waals surface area contributed by atoms with Crippen molar-refractivity contribution in [3.8, 4) is 17.1 Å². The molecule has 2 N–H and O–H groups in total. The number of nitrogens with one attached hydrogen (secondary N) is 2. The molecule has 15 nitrogen and oxygen atoms in total. The van der Waals surface area contributed by atoms with Gasteiger partial charge < -0.3 is 24.3 Å². The van der Waals surface area contributed by atoms with Gasteiger partial charge in [0.2, 0.25) is 11.8 Å². The van der Waals surface area contributed by atoms with E-state index in [2.05, 4.69) is 69.0 Å². The minimum Gasteiger partial charge on any atom is -0.491 e. The Morgan fingerprint density at radius 3 is 2.44 bits per heavy atom. The zero-order valence-electron chi connectivity index (χ0n) is 34.6. The van der Waals surface area contributed by atoms with Crippen molar-refractivity contribution in [1.82, 2.24) is 45.1 Å². The predicted octanol–water partition coefficient (Wildman–Crippen LogP) is 3.61. The van der Waals surface area contributed by atoms with Crippen LogP contribution in [0.25, 0.3) is 22.3 Å². The van der Waals surface area contributed by atoms with Crippen LogP contribution in [0.5, 0.6) is 5.75 Å². The Morgan fingerprint density at radius 2 is 1.66 bits per heavy atom. The molecular formula is C44H57N11O4. The van der Waals surface area contributed by atoms with Gasteiger partial charge in [0.1, 0.15) is 29.6 Å². The zero-order valence-corrected chi connectivity index (χ0v) is 34.6. The summed E-state index contributed by atoms with van der Waals surface area (Å²) in [6.45, 7) is 19.4. The molecule has 0 radical (unpaired) electrons. The molecule has 7 heterocycles. The Labute approximate surface area is 346 Å². The van der Waals surface area contributed by atoms with Crippen molar-refractivity contribution in [2.45, 2.75) is 71.2 Å². The highest BCUT2D eigenvalue weighted by molar-refractivity contribution is 6.05. The molecule has 0 spiro atoms. The highest BCUT2D eigenvalue weighted by Gasteiger charge is 2.39. The first-order valence-corrected chi connectivity index (χ1v) is 21.6. The molecule has 0 aliphatic carbocycles. The number of piperazine rings is 2. The van der Waals surface area contributed by atoms with E-state index < -0.39 is 6.04 Å². The maximum absolute atomic E-state index is 13.2. The predicted molar refractivity (Wildman–Crippen MR) is 226 cm³/mol. The standard InChI is InChI=1S/C44H57N11O4/c1-29(2)59-34-5-7-37-36(23-34)42(49-48-37)38-24-40(46-28-45-38)54-21-20-52(30(3)25-54)17-14-50-12-10-31(11-13-50)26-51-15-18-53(19-16-51)33-4-6-35-32(22-33)27-55(44(35)58)39-8-9-41(56)47-43(39)57/h4-7,22-24,28-31,39H,8-21,25-27H2,1-3H3,(H,48,49)(H,47,56,57)/t30-,39?/m0/s1. The number of likely N-dealkylation sites (tertiary alicyclic amines) is 1. The number of carbonyl (C=O) groups is 3. The van der Waals surface area contributed by atoms with Gasteiger partial charge in [-0.3, -0.25) is 34.6 Å². The summed E-state index contributed by atoms with van der Waals surface area (Å²) >= 11 is 0. The third-order valence-electron chi connectivity index (χ3n) is 13.1. The summed E-state index contributed by atoms with van der Waals surface area (Å²) in [6, 6.07) is 14.0. The van der Waals surface area contributed by atoms with Crippen LogP contribution in [0, 0.1) is 5.92 Å². The summed E-state index contributed by atoms with van der Waals surface area (Å²) in [6.07, 6.45) is 4.90. The van der Waals surface area contributed by atoms with Crippen molar-refractivity contribution < 1.29 is 19.1 Å². The first kappa shape index (κ1) is 39.3. The van der Waals surface area contributed by atoms with Gasteiger partial charge in [0.15, 0.2) is 0 Å². The van der Waals surface area contributed by atoms with E-state index in [1.165, 1.54) is 25.9 Å². The van der Waals surface area contributed by atoms with Crippen LogP contribution >= 0.6 is 0 Å². The van der Waals surface area contributed by atoms with Crippen molar-refractivity contribution in [3.63, 3.8) is 0 Å². The van der Waals surface area contributed by atoms with Crippen LogP contribution in [-0.4, -0.2) is 154 Å². The molecule has 15 heteroatoms. The number of fused-ring (bicyclic) bond motifs is 2. The van der Waals surface area contributed by atoms with E-state index in [4.69, 9.17) is 4.74 Å². The number of H-pyrrole nitrogens is 1. The van der Waals surface area contributed by atoms with Gasteiger partial charge in [0, 0.05) is 107 Å². The number of anilines is 2. The second-order valence-electron chi connectivity index (χ2n) is 17.4. The highest BCUT2D eigenvalue weighted by atomic mass is 16.5. The van der Waals surface area contributed by atoms with Crippen LogP contribution in [0.15, 0.2) is 48.8 Å². The van der Waals surface area contributed by atoms with Crippen LogP contribution in [0.2, 0.25) is 0 Å². The number of piperidine rings is 2. The lowest BCUT2D eigenvalue weighted by molar-refractivity contribution is -0.136. The Kier molecular flexibility index (Phi) is 11.2. The third kappa shape index (κ3) is 8.50. The molecule has 4 fully saturated rings. The van der Waals surface area contributed by atoms with Gasteiger partial charge in [0.05, 0.1) is 17.3 Å². The summed E-state index contributed by atoms with van der Waals surface area (Å²) in [5.74, 6) is 1.75. The zero-order chi connectivity index (χ0) is 40.6. The molecule has 5 aliphatic rings. The summed E-state index contributed by atoms with van der Waals surface area (Å²) < 4.78 is 5.94. The molecule has 2 atom stereocenters. The third-order valence-corrected chi connectivity index (χ3v) is 13.1. The smallest absolute Gasteiger partial charge is 0.255 e. The van der Waals surface area contributed by atoms with E-state index in [9.17, 15) is 14.4 Å². The first-order valence-electron chi connectivity index (χ1n) is 21.6. The minimum atomic E-state index is -0.583. The largest absolute Gasteiger partial charge is 0.491 e. The molecule has 0 bridgehead atoms. The lowest BCUT2D eigenvalue weighted by Crippen LogP contribution is -2.54. The molecule has 59 heavy (non-hydrogen) atoms. The second kappa shape index (κ2) is 16.9. The topological polar surface area (TPSA) is 146 Å². The number of ether oxygens (including phenoxy) is 1. The van der Waals surface area contributed by atoms with Crippen LogP contribution in [0.1, 0.15) is 62.4 Å². The summed E-state index contributed by atoms with van der Waals surface area (Å²) in [7, 11) is 0. The number of hydrogen-bond acceptors (Lipinski definition) is 12. The van der Waals surface area contributed by atoms with Crippen LogP contribution in [0.3, 0.4) is 0 Å². The number of aromatic amines is 1. The number of benzene rings is 2. The van der Waals surface area contributed by atoms with Crippen molar-refractivity contribution in [2.75, 3.05) is 88.3 Å². The number of hydrogen-bond donors (Lipinski definition) is 2. The fraction of sp³-hybridized carbons (Fsp3) is 0.545. The lowest BCUT2D eigenvalue weighted by Gasteiger charge is -2.42. The normalized spacial score (nSPS) is 22.8. The number of carbonyl (C=O) groups excluding carboxylic acids is 3. The minimum absolute atomic E-state index is 0.0955. The molecule has 3 amide bonds. The fourth-order valence-electron chi connectivity index (χ4n) is 9.69. The fourth-order valence-corrected chi connectivity index (χ4v) is 9.69. The average Bonchev–Trinajstić information content (AvgIpc) is 3.81. The van der Waals surface area contributed by atoms with Gasteiger partial charge in [0.25, 0.3) is 5.91 Å². The summed E-state index contributed by atoms with van der Waals surface area (Å²) in [5, 5.41) is 11.1. The lowest BCUT2D eigenvalue weighted by atomic mass is 9.96. The van der Waals surface area contributed by atoms with Crippen LogP contribution in [0.4, 0.5) is 11.5 Å². The maximum atomic E-state index is 13.2. The van der Waals surface area contributed by atoms with Gasteiger partial charge in [-0.2, -0.15) is 5.10 Å². The van der Waals surface area contributed by atoms with E-state index in [-0.39, 0.29) is 30.2 Å². The van der Waals surface area contributed by atoms with Crippen LogP contribution in [-0.2, 0) is 16.1 Å². The van der Waals surface area contributed by atoms with Gasteiger partial charge in [-0.25, -0.2) is 9.97 Å². The van der Waals surface area contributed by atoms with E-state index in [0.29, 0.717) is 24.6 Å².